The number of hydrogen-bond acceptors (Lipinski definition) is 6. The summed E-state index contributed by atoms with van der Waals surface area (Å²) in [5.74, 6) is 0.171. The van der Waals surface area contributed by atoms with Crippen LogP contribution in [-0.2, 0) is 13.1 Å². The molecule has 0 saturated heterocycles. The maximum absolute atomic E-state index is 12.3. The van der Waals surface area contributed by atoms with Crippen LogP contribution in [0.25, 0.3) is 5.65 Å². The van der Waals surface area contributed by atoms with E-state index < -0.39 is 0 Å². The fraction of sp³-hybridized carbons (Fsp3) is 0.333. The molecule has 0 atom stereocenters. The van der Waals surface area contributed by atoms with Gasteiger partial charge in [0.1, 0.15) is 11.8 Å². The molecule has 3 N–H and O–H groups in total. The number of fused-ring (bicyclic) bond motifs is 1. The Morgan fingerprint density at radius 3 is 3.13 bits per heavy atom. The summed E-state index contributed by atoms with van der Waals surface area (Å²) in [6.07, 6.45) is 7.02. The van der Waals surface area contributed by atoms with Crippen molar-refractivity contribution in [3.63, 3.8) is 0 Å². The van der Waals surface area contributed by atoms with Crippen LogP contribution in [0.1, 0.15) is 46.1 Å². The van der Waals surface area contributed by atoms with E-state index in [4.69, 9.17) is 10.3 Å². The number of nitrogens with one attached hydrogen (secondary N) is 1. The topological polar surface area (TPSA) is 111 Å². The van der Waals surface area contributed by atoms with Gasteiger partial charge in [-0.2, -0.15) is 5.10 Å². The molecule has 0 aliphatic heterocycles. The lowest BCUT2D eigenvalue weighted by atomic mass is 10.1. The fourth-order valence-corrected chi connectivity index (χ4v) is 2.49. The van der Waals surface area contributed by atoms with Gasteiger partial charge in [-0.15, -0.1) is 0 Å². The number of carbonyl (C=O) groups excluding carboxylic acids is 1. The number of nitrogens with two attached hydrogens (primary N) is 1. The Balaban J connectivity index is 1.47. The van der Waals surface area contributed by atoms with Crippen LogP contribution in [0.4, 0.5) is 0 Å². The largest absolute Gasteiger partial charge is 0.364 e. The highest BCUT2D eigenvalue weighted by Gasteiger charge is 2.31. The fourth-order valence-electron chi connectivity index (χ4n) is 2.49. The zero-order valence-corrected chi connectivity index (χ0v) is 12.4. The molecule has 0 unspecified atom stereocenters. The molecule has 3 aromatic rings. The van der Waals surface area contributed by atoms with Crippen molar-refractivity contribution in [1.82, 2.24) is 25.1 Å². The summed E-state index contributed by atoms with van der Waals surface area (Å²) in [4.78, 5) is 16.7. The van der Waals surface area contributed by atoms with Crippen molar-refractivity contribution in [1.29, 1.82) is 0 Å². The van der Waals surface area contributed by atoms with Crippen LogP contribution in [0.3, 0.4) is 0 Å². The van der Waals surface area contributed by atoms with Crippen LogP contribution in [-0.4, -0.2) is 25.7 Å². The van der Waals surface area contributed by atoms with Crippen molar-refractivity contribution in [2.45, 2.75) is 31.8 Å². The molecule has 1 amide bonds. The molecule has 1 aliphatic carbocycles. The van der Waals surface area contributed by atoms with Gasteiger partial charge in [-0.3, -0.25) is 4.79 Å². The molecule has 3 aromatic heterocycles. The average molecular weight is 312 g/mol. The third kappa shape index (κ3) is 2.68. The molecule has 3 heterocycles. The lowest BCUT2D eigenvalue weighted by Crippen LogP contribution is -2.23. The third-order valence-corrected chi connectivity index (χ3v) is 3.90. The third-order valence-electron chi connectivity index (χ3n) is 3.90. The first-order valence-electron chi connectivity index (χ1n) is 7.50. The molecular formula is C15H16N6O2. The van der Waals surface area contributed by atoms with Crippen molar-refractivity contribution in [2.24, 2.45) is 5.73 Å². The first-order valence-corrected chi connectivity index (χ1v) is 7.50. The normalized spacial score (nSPS) is 14.3. The van der Waals surface area contributed by atoms with Crippen LogP contribution in [0.5, 0.6) is 0 Å². The van der Waals surface area contributed by atoms with E-state index in [-0.39, 0.29) is 5.91 Å². The van der Waals surface area contributed by atoms with E-state index in [1.54, 1.807) is 16.9 Å². The van der Waals surface area contributed by atoms with Crippen molar-refractivity contribution in [3.8, 4) is 0 Å². The number of rotatable bonds is 5. The van der Waals surface area contributed by atoms with Crippen molar-refractivity contribution < 1.29 is 9.32 Å². The second-order valence-electron chi connectivity index (χ2n) is 5.67. The highest BCUT2D eigenvalue weighted by atomic mass is 16.5. The molecule has 4 rings (SSSR count). The summed E-state index contributed by atoms with van der Waals surface area (Å²) < 4.78 is 6.60. The van der Waals surface area contributed by atoms with Gasteiger partial charge in [0, 0.05) is 12.5 Å². The Morgan fingerprint density at radius 1 is 1.48 bits per heavy atom. The van der Waals surface area contributed by atoms with Gasteiger partial charge < -0.3 is 15.6 Å². The van der Waals surface area contributed by atoms with E-state index >= 15 is 0 Å². The number of amides is 1. The Morgan fingerprint density at radius 2 is 2.35 bits per heavy atom. The Bertz CT molecular complexity index is 864. The van der Waals surface area contributed by atoms with Crippen LogP contribution < -0.4 is 11.1 Å². The summed E-state index contributed by atoms with van der Waals surface area (Å²) >= 11 is 0. The number of imidazole rings is 1. The van der Waals surface area contributed by atoms with Crippen molar-refractivity contribution >= 4 is 11.6 Å². The average Bonchev–Trinajstić information content (AvgIpc) is 3.15. The van der Waals surface area contributed by atoms with Crippen molar-refractivity contribution in [2.75, 3.05) is 0 Å². The van der Waals surface area contributed by atoms with E-state index in [0.29, 0.717) is 30.2 Å². The number of hydrogen-bond donors (Lipinski definition) is 2. The highest BCUT2D eigenvalue weighted by Crippen LogP contribution is 2.40. The van der Waals surface area contributed by atoms with Gasteiger partial charge in [0.25, 0.3) is 5.91 Å². The van der Waals surface area contributed by atoms with Gasteiger partial charge >= 0.3 is 0 Å². The first kappa shape index (κ1) is 13.9. The quantitative estimate of drug-likeness (QED) is 0.726. The predicted molar refractivity (Wildman–Crippen MR) is 80.5 cm³/mol. The summed E-state index contributed by atoms with van der Waals surface area (Å²) in [6.45, 7) is 0.731. The van der Waals surface area contributed by atoms with Gasteiger partial charge in [-0.1, -0.05) is 5.16 Å². The molecule has 0 spiro atoms. The van der Waals surface area contributed by atoms with Crippen molar-refractivity contribution in [3.05, 3.63) is 47.2 Å². The smallest absolute Gasteiger partial charge is 0.256 e. The van der Waals surface area contributed by atoms with Crippen LogP contribution in [0.15, 0.2) is 29.2 Å². The van der Waals surface area contributed by atoms with E-state index in [1.807, 2.05) is 6.07 Å². The molecule has 8 nitrogen and oxygen atoms in total. The summed E-state index contributed by atoms with van der Waals surface area (Å²) in [5, 5.41) is 11.0. The molecule has 1 aliphatic rings. The van der Waals surface area contributed by atoms with E-state index in [0.717, 1.165) is 29.8 Å². The monoisotopic (exact) mass is 312 g/mol. The second kappa shape index (κ2) is 5.47. The molecule has 118 valence electrons. The van der Waals surface area contributed by atoms with Crippen LogP contribution in [0, 0.1) is 0 Å². The second-order valence-corrected chi connectivity index (χ2v) is 5.67. The van der Waals surface area contributed by atoms with Gasteiger partial charge in [-0.25, -0.2) is 9.50 Å². The molecule has 23 heavy (non-hydrogen) atoms. The highest BCUT2D eigenvalue weighted by molar-refractivity contribution is 5.95. The molecule has 1 saturated carbocycles. The minimum absolute atomic E-state index is 0.194. The Labute approximate surface area is 131 Å². The van der Waals surface area contributed by atoms with E-state index in [2.05, 4.69) is 20.6 Å². The number of nitrogens with zero attached hydrogens (tertiary/aromatic N) is 4. The summed E-state index contributed by atoms with van der Waals surface area (Å²) in [6, 6.07) is 1.88. The summed E-state index contributed by atoms with van der Waals surface area (Å²) in [5.41, 5.74) is 9.21. The zero-order valence-electron chi connectivity index (χ0n) is 12.4. The molecule has 1 fully saturated rings. The molecule has 8 heteroatoms. The lowest BCUT2D eigenvalue weighted by Gasteiger charge is -2.01. The molecule has 0 radical (unpaired) electrons. The zero-order chi connectivity index (χ0) is 15.8. The van der Waals surface area contributed by atoms with Gasteiger partial charge in [0.15, 0.2) is 5.65 Å². The lowest BCUT2D eigenvalue weighted by molar-refractivity contribution is 0.0949. The van der Waals surface area contributed by atoms with Gasteiger partial charge in [0.2, 0.25) is 0 Å². The molecular weight excluding hydrogens is 296 g/mol. The number of aromatic nitrogens is 4. The van der Waals surface area contributed by atoms with Crippen LogP contribution >= 0.6 is 0 Å². The minimum Gasteiger partial charge on any atom is -0.364 e. The summed E-state index contributed by atoms with van der Waals surface area (Å²) in [7, 11) is 0. The SMILES string of the molecule is NCc1cnn2cc(CNC(=O)c3conc3C3CC3)nc2c1. The van der Waals surface area contributed by atoms with E-state index in [9.17, 15) is 4.79 Å². The first-order chi connectivity index (χ1) is 11.2. The maximum Gasteiger partial charge on any atom is 0.256 e. The predicted octanol–water partition coefficient (Wildman–Crippen LogP) is 0.983. The van der Waals surface area contributed by atoms with Gasteiger partial charge in [-0.05, 0) is 24.5 Å². The Hall–Kier alpha value is -2.74. The van der Waals surface area contributed by atoms with Crippen LogP contribution in [0.2, 0.25) is 0 Å². The standard InChI is InChI=1S/C15H16N6O2/c16-4-9-3-13-19-11(7-21(13)18-5-9)6-17-15(22)12-8-23-20-14(12)10-1-2-10/h3,5,7-8,10H,1-2,4,6,16H2,(H,17,22). The molecule has 0 bridgehead atoms. The molecule has 0 aromatic carbocycles. The maximum atomic E-state index is 12.3. The number of carbonyl (C=O) groups is 1. The van der Waals surface area contributed by atoms with Gasteiger partial charge in [0.05, 0.1) is 30.3 Å². The van der Waals surface area contributed by atoms with E-state index in [1.165, 1.54) is 6.26 Å². The Kier molecular flexibility index (Phi) is 3.30. The minimum atomic E-state index is -0.194.